The van der Waals surface area contributed by atoms with Crippen LogP contribution in [0, 0.1) is 0 Å². The predicted molar refractivity (Wildman–Crippen MR) is 106 cm³/mol. The molecule has 0 aliphatic carbocycles. The molecule has 0 unspecified atom stereocenters. The van der Waals surface area contributed by atoms with Crippen LogP contribution in [0.4, 0.5) is 0 Å². The van der Waals surface area contributed by atoms with Crippen molar-refractivity contribution in [2.45, 2.75) is 19.4 Å². The van der Waals surface area contributed by atoms with Crippen molar-refractivity contribution < 1.29 is 9.53 Å². The zero-order valence-electron chi connectivity index (χ0n) is 15.0. The van der Waals surface area contributed by atoms with E-state index in [1.54, 1.807) is 7.11 Å². The van der Waals surface area contributed by atoms with E-state index in [-0.39, 0.29) is 11.9 Å². The standard InChI is InChI=1S/C21H18ClN3O2/c1-13(26)25-20(12-19(24-25)14-6-4-3-5-7-14)17-10-15-8-9-16(27-2)11-18(15)23-21(17)22/h3-11,20H,12H2,1-2H3/t20-/m1/s1. The van der Waals surface area contributed by atoms with Crippen LogP contribution in [0.5, 0.6) is 5.75 Å². The number of hydrogen-bond acceptors (Lipinski definition) is 4. The van der Waals surface area contributed by atoms with E-state index in [0.717, 1.165) is 33.5 Å². The Kier molecular flexibility index (Phi) is 4.54. The molecule has 0 N–H and O–H groups in total. The van der Waals surface area contributed by atoms with Gasteiger partial charge in [-0.05, 0) is 23.8 Å². The van der Waals surface area contributed by atoms with Gasteiger partial charge in [0, 0.05) is 30.4 Å². The first-order valence-corrected chi connectivity index (χ1v) is 9.01. The molecule has 1 amide bonds. The van der Waals surface area contributed by atoms with Gasteiger partial charge in [0.05, 0.1) is 24.4 Å². The Labute approximate surface area is 162 Å². The summed E-state index contributed by atoms with van der Waals surface area (Å²) in [7, 11) is 1.61. The predicted octanol–water partition coefficient (Wildman–Crippen LogP) is 4.59. The molecule has 27 heavy (non-hydrogen) atoms. The highest BCUT2D eigenvalue weighted by atomic mass is 35.5. The topological polar surface area (TPSA) is 54.8 Å². The zero-order chi connectivity index (χ0) is 19.0. The van der Waals surface area contributed by atoms with Gasteiger partial charge in [-0.25, -0.2) is 9.99 Å². The molecule has 1 aliphatic rings. The first-order valence-electron chi connectivity index (χ1n) is 8.63. The minimum atomic E-state index is -0.274. The maximum Gasteiger partial charge on any atom is 0.240 e. The molecule has 0 saturated carbocycles. The van der Waals surface area contributed by atoms with Gasteiger partial charge in [-0.2, -0.15) is 5.10 Å². The first kappa shape index (κ1) is 17.5. The molecule has 3 aromatic rings. The van der Waals surface area contributed by atoms with Gasteiger partial charge < -0.3 is 4.74 Å². The Morgan fingerprint density at radius 2 is 1.96 bits per heavy atom. The highest BCUT2D eigenvalue weighted by molar-refractivity contribution is 6.30. The molecule has 0 fully saturated rings. The molecule has 1 aromatic heterocycles. The van der Waals surface area contributed by atoms with E-state index in [4.69, 9.17) is 16.3 Å². The summed E-state index contributed by atoms with van der Waals surface area (Å²) < 4.78 is 5.25. The van der Waals surface area contributed by atoms with E-state index in [2.05, 4.69) is 10.1 Å². The molecule has 1 atom stereocenters. The van der Waals surface area contributed by atoms with Crippen LogP contribution in [-0.4, -0.2) is 28.7 Å². The van der Waals surface area contributed by atoms with E-state index >= 15 is 0 Å². The van der Waals surface area contributed by atoms with Gasteiger partial charge in [0.15, 0.2) is 0 Å². The second-order valence-corrected chi connectivity index (χ2v) is 6.78. The van der Waals surface area contributed by atoms with Gasteiger partial charge in [-0.1, -0.05) is 41.9 Å². The van der Waals surface area contributed by atoms with E-state index in [0.29, 0.717) is 11.6 Å². The molecular formula is C21H18ClN3O2. The number of methoxy groups -OCH3 is 1. The largest absolute Gasteiger partial charge is 0.497 e. The molecule has 2 aromatic carbocycles. The van der Waals surface area contributed by atoms with Crippen molar-refractivity contribution in [1.82, 2.24) is 9.99 Å². The van der Waals surface area contributed by atoms with Crippen LogP contribution in [-0.2, 0) is 4.79 Å². The Balaban J connectivity index is 1.76. The number of hydrogen-bond donors (Lipinski definition) is 0. The molecule has 5 nitrogen and oxygen atoms in total. The second-order valence-electron chi connectivity index (χ2n) is 6.42. The molecule has 0 bridgehead atoms. The van der Waals surface area contributed by atoms with Crippen molar-refractivity contribution in [3.05, 3.63) is 70.9 Å². The molecule has 1 aliphatic heterocycles. The fraction of sp³-hybridized carbons (Fsp3) is 0.190. The maximum absolute atomic E-state index is 12.2. The number of fused-ring (bicyclic) bond motifs is 1. The number of carbonyl (C=O) groups excluding carboxylic acids is 1. The normalized spacial score (nSPS) is 16.5. The molecular weight excluding hydrogens is 362 g/mol. The average Bonchev–Trinajstić information content (AvgIpc) is 3.13. The lowest BCUT2D eigenvalue weighted by Crippen LogP contribution is -2.24. The minimum absolute atomic E-state index is 0.128. The third-order valence-electron chi connectivity index (χ3n) is 4.70. The van der Waals surface area contributed by atoms with E-state index < -0.39 is 0 Å². The summed E-state index contributed by atoms with van der Waals surface area (Å²) in [6, 6.07) is 17.2. The number of amides is 1. The Bertz CT molecular complexity index is 1050. The number of pyridine rings is 1. The number of benzene rings is 2. The number of rotatable bonds is 3. The van der Waals surface area contributed by atoms with Crippen molar-refractivity contribution in [3.63, 3.8) is 0 Å². The number of ether oxygens (including phenoxy) is 1. The SMILES string of the molecule is COc1ccc2cc([C@H]3CC(c4ccccc4)=NN3C(C)=O)c(Cl)nc2c1. The van der Waals surface area contributed by atoms with Crippen LogP contribution in [0.25, 0.3) is 10.9 Å². The Morgan fingerprint density at radius 3 is 2.67 bits per heavy atom. The van der Waals surface area contributed by atoms with Crippen molar-refractivity contribution in [1.29, 1.82) is 0 Å². The summed E-state index contributed by atoms with van der Waals surface area (Å²) >= 11 is 6.50. The number of halogens is 1. The van der Waals surface area contributed by atoms with Gasteiger partial charge >= 0.3 is 0 Å². The number of hydrazone groups is 1. The van der Waals surface area contributed by atoms with Crippen molar-refractivity contribution >= 4 is 34.1 Å². The fourth-order valence-corrected chi connectivity index (χ4v) is 3.62. The fourth-order valence-electron chi connectivity index (χ4n) is 3.35. The van der Waals surface area contributed by atoms with Gasteiger partial charge in [0.25, 0.3) is 0 Å². The zero-order valence-corrected chi connectivity index (χ0v) is 15.8. The van der Waals surface area contributed by atoms with Crippen LogP contribution in [0.3, 0.4) is 0 Å². The lowest BCUT2D eigenvalue weighted by Gasteiger charge is -2.21. The van der Waals surface area contributed by atoms with Crippen LogP contribution in [0.1, 0.15) is 30.5 Å². The van der Waals surface area contributed by atoms with Crippen LogP contribution >= 0.6 is 11.6 Å². The molecule has 0 radical (unpaired) electrons. The van der Waals surface area contributed by atoms with Gasteiger partial charge in [0.1, 0.15) is 10.9 Å². The minimum Gasteiger partial charge on any atom is -0.497 e. The third kappa shape index (κ3) is 3.26. The number of nitrogens with zero attached hydrogens (tertiary/aromatic N) is 3. The average molecular weight is 380 g/mol. The van der Waals surface area contributed by atoms with Gasteiger partial charge in [0.2, 0.25) is 5.91 Å². The Morgan fingerprint density at radius 1 is 1.19 bits per heavy atom. The Hall–Kier alpha value is -2.92. The van der Waals surface area contributed by atoms with Crippen molar-refractivity contribution in [3.8, 4) is 5.75 Å². The van der Waals surface area contributed by atoms with Crippen LogP contribution in [0.2, 0.25) is 5.15 Å². The number of aromatic nitrogens is 1. The van der Waals surface area contributed by atoms with Gasteiger partial charge in [-0.15, -0.1) is 0 Å². The summed E-state index contributed by atoms with van der Waals surface area (Å²) in [6.07, 6.45) is 0.590. The lowest BCUT2D eigenvalue weighted by atomic mass is 9.98. The van der Waals surface area contributed by atoms with Crippen molar-refractivity contribution in [2.24, 2.45) is 5.10 Å². The van der Waals surface area contributed by atoms with E-state index in [1.807, 2.05) is 54.6 Å². The first-order chi connectivity index (χ1) is 13.1. The quantitative estimate of drug-likeness (QED) is 0.625. The van der Waals surface area contributed by atoms with E-state index in [1.165, 1.54) is 11.9 Å². The molecule has 0 spiro atoms. The molecule has 6 heteroatoms. The summed E-state index contributed by atoms with van der Waals surface area (Å²) in [6.45, 7) is 1.51. The summed E-state index contributed by atoms with van der Waals surface area (Å²) in [5.41, 5.74) is 3.40. The highest BCUT2D eigenvalue weighted by Crippen LogP contribution is 2.37. The summed E-state index contributed by atoms with van der Waals surface area (Å²) in [5.74, 6) is 0.594. The monoisotopic (exact) mass is 379 g/mol. The lowest BCUT2D eigenvalue weighted by molar-refractivity contribution is -0.130. The summed E-state index contributed by atoms with van der Waals surface area (Å²) in [5, 5.41) is 7.37. The molecule has 0 saturated heterocycles. The van der Waals surface area contributed by atoms with Crippen LogP contribution in [0.15, 0.2) is 59.7 Å². The molecule has 2 heterocycles. The smallest absolute Gasteiger partial charge is 0.240 e. The molecule has 4 rings (SSSR count). The van der Waals surface area contributed by atoms with Gasteiger partial charge in [-0.3, -0.25) is 4.79 Å². The maximum atomic E-state index is 12.2. The number of carbonyl (C=O) groups is 1. The van der Waals surface area contributed by atoms with Crippen LogP contribution < -0.4 is 4.74 Å². The van der Waals surface area contributed by atoms with Crippen molar-refractivity contribution in [2.75, 3.05) is 7.11 Å². The molecule has 136 valence electrons. The summed E-state index contributed by atoms with van der Waals surface area (Å²) in [4.78, 5) is 16.7. The third-order valence-corrected chi connectivity index (χ3v) is 5.01. The second kappa shape index (κ2) is 7.00. The highest BCUT2D eigenvalue weighted by Gasteiger charge is 2.33. The van der Waals surface area contributed by atoms with E-state index in [9.17, 15) is 4.79 Å².